The van der Waals surface area contributed by atoms with Crippen LogP contribution in [-0.2, 0) is 14.3 Å². The van der Waals surface area contributed by atoms with E-state index >= 15 is 0 Å². The number of carbonyl (C=O) groups excluding carboxylic acids is 2. The first-order valence-electron chi connectivity index (χ1n) is 9.11. The topological polar surface area (TPSA) is 73.9 Å². The first kappa shape index (κ1) is 23.2. The van der Waals surface area contributed by atoms with Crippen LogP contribution in [0.5, 0.6) is 11.5 Å². The predicted molar refractivity (Wildman–Crippen MR) is 112 cm³/mol. The van der Waals surface area contributed by atoms with Crippen molar-refractivity contribution in [1.29, 1.82) is 0 Å². The van der Waals surface area contributed by atoms with Crippen LogP contribution in [0.4, 0.5) is 4.39 Å². The van der Waals surface area contributed by atoms with Gasteiger partial charge in [-0.05, 0) is 55.3 Å². The number of methoxy groups -OCH3 is 2. The van der Waals surface area contributed by atoms with Crippen LogP contribution >= 0.6 is 11.6 Å². The third-order valence-corrected chi connectivity index (χ3v) is 4.54. The third kappa shape index (κ3) is 6.22. The monoisotopic (exact) mass is 435 g/mol. The lowest BCUT2D eigenvalue weighted by atomic mass is 10.1. The van der Waals surface area contributed by atoms with Gasteiger partial charge in [0.25, 0.3) is 5.91 Å². The molecule has 2 atom stereocenters. The Hall–Kier alpha value is -3.06. The molecule has 0 aromatic heterocycles. The largest absolute Gasteiger partial charge is 0.493 e. The Bertz CT molecular complexity index is 930. The summed E-state index contributed by atoms with van der Waals surface area (Å²) in [4.78, 5) is 24.3. The molecule has 0 saturated carbocycles. The highest BCUT2D eigenvalue weighted by atomic mass is 35.5. The maximum Gasteiger partial charge on any atom is 0.331 e. The van der Waals surface area contributed by atoms with Crippen LogP contribution in [0, 0.1) is 5.82 Å². The maximum absolute atomic E-state index is 13.0. The van der Waals surface area contributed by atoms with Gasteiger partial charge >= 0.3 is 5.97 Å². The molecule has 0 fully saturated rings. The van der Waals surface area contributed by atoms with Gasteiger partial charge in [0.05, 0.1) is 25.3 Å². The molecule has 2 aromatic carbocycles. The highest BCUT2D eigenvalue weighted by molar-refractivity contribution is 6.32. The fraction of sp³-hybridized carbons (Fsp3) is 0.273. The predicted octanol–water partition coefficient (Wildman–Crippen LogP) is 4.32. The molecule has 30 heavy (non-hydrogen) atoms. The van der Waals surface area contributed by atoms with Crippen LogP contribution in [0.2, 0.25) is 5.02 Å². The minimum absolute atomic E-state index is 0.326. The third-order valence-electron chi connectivity index (χ3n) is 4.26. The van der Waals surface area contributed by atoms with Crippen LogP contribution < -0.4 is 14.8 Å². The summed E-state index contributed by atoms with van der Waals surface area (Å²) in [5.74, 6) is -0.720. The van der Waals surface area contributed by atoms with Gasteiger partial charge in [0.2, 0.25) is 0 Å². The Morgan fingerprint density at radius 3 is 2.37 bits per heavy atom. The van der Waals surface area contributed by atoms with Crippen molar-refractivity contribution in [3.8, 4) is 11.5 Å². The van der Waals surface area contributed by atoms with Crippen LogP contribution in [-0.4, -0.2) is 32.2 Å². The van der Waals surface area contributed by atoms with E-state index in [0.717, 1.165) is 5.56 Å². The number of hydrogen-bond donors (Lipinski definition) is 1. The molecule has 2 unspecified atom stereocenters. The van der Waals surface area contributed by atoms with Gasteiger partial charge in [-0.25, -0.2) is 9.18 Å². The van der Waals surface area contributed by atoms with E-state index in [-0.39, 0.29) is 11.9 Å². The van der Waals surface area contributed by atoms with E-state index < -0.39 is 18.0 Å². The van der Waals surface area contributed by atoms with Gasteiger partial charge in [-0.15, -0.1) is 0 Å². The molecule has 0 radical (unpaired) electrons. The molecule has 0 aliphatic carbocycles. The summed E-state index contributed by atoms with van der Waals surface area (Å²) in [6.45, 7) is 3.21. The lowest BCUT2D eigenvalue weighted by molar-refractivity contribution is -0.150. The number of esters is 1. The number of halogens is 2. The van der Waals surface area contributed by atoms with Crippen molar-refractivity contribution in [3.63, 3.8) is 0 Å². The molecule has 0 aliphatic rings. The molecule has 2 rings (SSSR count). The van der Waals surface area contributed by atoms with Crippen molar-refractivity contribution >= 4 is 29.6 Å². The Morgan fingerprint density at radius 2 is 1.77 bits per heavy atom. The summed E-state index contributed by atoms with van der Waals surface area (Å²) in [6.07, 6.45) is 1.66. The molecule has 0 heterocycles. The lowest BCUT2D eigenvalue weighted by Gasteiger charge is -2.18. The summed E-state index contributed by atoms with van der Waals surface area (Å²) in [5.41, 5.74) is 1.32. The number of ether oxygens (including phenoxy) is 3. The summed E-state index contributed by atoms with van der Waals surface area (Å²) < 4.78 is 28.5. The standard InChI is InChI=1S/C22H23ClFNO5/c1-13(16-6-8-17(24)9-7-16)25-22(27)14(2)30-20(26)10-5-15-11-18(23)21(29-4)19(12-15)28-3/h5-14H,1-4H3,(H,25,27)/b10-5+. The van der Waals surface area contributed by atoms with Crippen LogP contribution in [0.1, 0.15) is 31.0 Å². The quantitative estimate of drug-likeness (QED) is 0.493. The van der Waals surface area contributed by atoms with Crippen molar-refractivity contribution in [2.75, 3.05) is 14.2 Å². The molecule has 0 bridgehead atoms. The lowest BCUT2D eigenvalue weighted by Crippen LogP contribution is -2.37. The van der Waals surface area contributed by atoms with Gasteiger partial charge in [0, 0.05) is 6.08 Å². The molecule has 0 aliphatic heterocycles. The second-order valence-corrected chi connectivity index (χ2v) is 6.84. The van der Waals surface area contributed by atoms with E-state index in [1.165, 1.54) is 45.4 Å². The molecule has 0 saturated heterocycles. The number of amides is 1. The van der Waals surface area contributed by atoms with Crippen molar-refractivity contribution in [3.05, 3.63) is 64.4 Å². The zero-order valence-electron chi connectivity index (χ0n) is 17.1. The second kappa shape index (κ2) is 10.6. The summed E-state index contributed by atoms with van der Waals surface area (Å²) in [6, 6.07) is 8.66. The minimum Gasteiger partial charge on any atom is -0.493 e. The van der Waals surface area contributed by atoms with Crippen molar-refractivity contribution in [2.24, 2.45) is 0 Å². The SMILES string of the molecule is COc1cc(/C=C/C(=O)OC(C)C(=O)NC(C)c2ccc(F)cc2)cc(Cl)c1OC. The Balaban J connectivity index is 1.95. The molecular formula is C22H23ClFNO5. The van der Waals surface area contributed by atoms with E-state index in [4.69, 9.17) is 25.8 Å². The van der Waals surface area contributed by atoms with Gasteiger partial charge in [-0.2, -0.15) is 0 Å². The first-order chi connectivity index (χ1) is 14.2. The Kier molecular flexibility index (Phi) is 8.24. The average Bonchev–Trinajstić information content (AvgIpc) is 2.72. The maximum atomic E-state index is 13.0. The molecule has 6 nitrogen and oxygen atoms in total. The summed E-state index contributed by atoms with van der Waals surface area (Å²) in [5, 5.41) is 3.05. The van der Waals surface area contributed by atoms with Gasteiger partial charge in [-0.3, -0.25) is 4.79 Å². The van der Waals surface area contributed by atoms with Crippen molar-refractivity contribution < 1.29 is 28.2 Å². The molecular weight excluding hydrogens is 413 g/mol. The second-order valence-electron chi connectivity index (χ2n) is 6.43. The van der Waals surface area contributed by atoms with Crippen LogP contribution in [0.25, 0.3) is 6.08 Å². The molecule has 1 amide bonds. The van der Waals surface area contributed by atoms with E-state index in [1.54, 1.807) is 31.2 Å². The molecule has 8 heteroatoms. The highest BCUT2D eigenvalue weighted by Crippen LogP contribution is 2.36. The van der Waals surface area contributed by atoms with E-state index in [9.17, 15) is 14.0 Å². The van der Waals surface area contributed by atoms with E-state index in [0.29, 0.717) is 22.1 Å². The zero-order chi connectivity index (χ0) is 22.3. The average molecular weight is 436 g/mol. The van der Waals surface area contributed by atoms with E-state index in [2.05, 4.69) is 5.32 Å². The summed E-state index contributed by atoms with van der Waals surface area (Å²) in [7, 11) is 2.95. The Morgan fingerprint density at radius 1 is 1.10 bits per heavy atom. The van der Waals surface area contributed by atoms with Crippen LogP contribution in [0.3, 0.4) is 0 Å². The van der Waals surface area contributed by atoms with Gasteiger partial charge in [-0.1, -0.05) is 23.7 Å². The number of rotatable bonds is 8. The minimum atomic E-state index is -1.01. The van der Waals surface area contributed by atoms with Crippen molar-refractivity contribution in [1.82, 2.24) is 5.32 Å². The fourth-order valence-electron chi connectivity index (χ4n) is 2.63. The zero-order valence-corrected chi connectivity index (χ0v) is 17.8. The van der Waals surface area contributed by atoms with Crippen LogP contribution in [0.15, 0.2) is 42.5 Å². The molecule has 1 N–H and O–H groups in total. The number of benzene rings is 2. The van der Waals surface area contributed by atoms with Gasteiger partial charge < -0.3 is 19.5 Å². The summed E-state index contributed by atoms with van der Waals surface area (Å²) >= 11 is 6.13. The van der Waals surface area contributed by atoms with Gasteiger partial charge in [0.1, 0.15) is 5.82 Å². The van der Waals surface area contributed by atoms with Crippen molar-refractivity contribution in [2.45, 2.75) is 26.0 Å². The number of hydrogen-bond acceptors (Lipinski definition) is 5. The molecule has 0 spiro atoms. The van der Waals surface area contributed by atoms with E-state index in [1.807, 2.05) is 0 Å². The van der Waals surface area contributed by atoms with Gasteiger partial charge in [0.15, 0.2) is 17.6 Å². The first-order valence-corrected chi connectivity index (χ1v) is 9.49. The number of carbonyl (C=O) groups is 2. The number of nitrogens with one attached hydrogen (secondary N) is 1. The molecule has 2 aromatic rings. The highest BCUT2D eigenvalue weighted by Gasteiger charge is 2.19. The fourth-order valence-corrected chi connectivity index (χ4v) is 2.93. The normalized spacial score (nSPS) is 12.9. The smallest absolute Gasteiger partial charge is 0.331 e. The molecule has 160 valence electrons. The Labute approximate surface area is 179 Å².